The first-order chi connectivity index (χ1) is 21.3. The summed E-state index contributed by atoms with van der Waals surface area (Å²) in [6.45, 7) is 4.63. The predicted octanol–water partition coefficient (Wildman–Crippen LogP) is 4.41. The van der Waals surface area contributed by atoms with Crippen molar-refractivity contribution < 1.29 is 22.3 Å². The van der Waals surface area contributed by atoms with Crippen LogP contribution in [0.25, 0.3) is 28.0 Å². The Balaban J connectivity index is 1.42. The Labute approximate surface area is 256 Å². The molecular formula is C31H36F4N8O2. The standard InChI is InChI=1S/C31H36F4N8O2/c1-16(36)4-3-5-18-10-23(27(32)26(11-18)45-31(33,34)35)25-12-20-15-43(30(44)42-28(20)41-25)22-8-6-19(7-9-22)17(2)24-13-21(14-39-24)40-29(37)38/h6-12,15-17,21,24,39H,3-5,13-14,36H2,1-2H3,(H4,37,38,40)(H,41,42,44)/t16-,17?,21+,24-/m0/s1. The van der Waals surface area contributed by atoms with E-state index in [4.69, 9.17) is 16.9 Å². The van der Waals surface area contributed by atoms with Crippen LogP contribution < -0.4 is 32.5 Å². The molecule has 2 aromatic carbocycles. The van der Waals surface area contributed by atoms with Gasteiger partial charge in [-0.3, -0.25) is 9.98 Å². The molecule has 10 nitrogen and oxygen atoms in total. The maximum absolute atomic E-state index is 15.4. The van der Waals surface area contributed by atoms with E-state index in [1.807, 2.05) is 19.1 Å². The molecule has 3 heterocycles. The number of halogens is 4. The number of fused-ring (bicyclic) bond motifs is 1. The number of guanidine groups is 1. The molecule has 2 aromatic heterocycles. The molecule has 1 saturated heterocycles. The summed E-state index contributed by atoms with van der Waals surface area (Å²) in [7, 11) is 0. The number of hydrogen-bond donors (Lipinski definition) is 6. The highest BCUT2D eigenvalue weighted by molar-refractivity contribution is 5.83. The molecule has 0 saturated carbocycles. The molecule has 14 heteroatoms. The quantitative estimate of drug-likeness (QED) is 0.0862. The van der Waals surface area contributed by atoms with Gasteiger partial charge in [-0.2, -0.15) is 4.98 Å². The molecule has 1 aliphatic heterocycles. The van der Waals surface area contributed by atoms with Crippen LogP contribution in [0.2, 0.25) is 0 Å². The van der Waals surface area contributed by atoms with E-state index in [2.05, 4.69) is 32.3 Å². The molecule has 1 unspecified atom stereocenters. The van der Waals surface area contributed by atoms with Crippen LogP contribution in [-0.2, 0) is 6.42 Å². The molecule has 1 fully saturated rings. The lowest BCUT2D eigenvalue weighted by Crippen LogP contribution is -2.40. The van der Waals surface area contributed by atoms with Crippen molar-refractivity contribution in [2.75, 3.05) is 6.54 Å². The summed E-state index contributed by atoms with van der Waals surface area (Å²) in [6.07, 6.45) is -1.12. The van der Waals surface area contributed by atoms with Crippen molar-refractivity contribution in [3.05, 3.63) is 76.1 Å². The zero-order valence-electron chi connectivity index (χ0n) is 24.8. The number of aromatic nitrogens is 3. The third-order valence-electron chi connectivity index (χ3n) is 8.07. The topological polar surface area (TPSA) is 160 Å². The van der Waals surface area contributed by atoms with E-state index in [1.165, 1.54) is 16.7 Å². The minimum absolute atomic E-state index is 0.0584. The predicted molar refractivity (Wildman–Crippen MR) is 164 cm³/mol. The molecule has 0 aliphatic carbocycles. The van der Waals surface area contributed by atoms with E-state index in [1.54, 1.807) is 18.3 Å². The molecule has 0 spiro atoms. The summed E-state index contributed by atoms with van der Waals surface area (Å²) in [5.74, 6) is -2.03. The summed E-state index contributed by atoms with van der Waals surface area (Å²) in [6, 6.07) is 11.7. The van der Waals surface area contributed by atoms with Gasteiger partial charge >= 0.3 is 12.1 Å². The minimum atomic E-state index is -5.08. The first-order valence-corrected chi connectivity index (χ1v) is 14.7. The number of alkyl halides is 3. The monoisotopic (exact) mass is 628 g/mol. The van der Waals surface area contributed by atoms with Crippen LogP contribution in [0.1, 0.15) is 50.2 Å². The molecule has 4 aromatic rings. The van der Waals surface area contributed by atoms with Gasteiger partial charge in [0.15, 0.2) is 17.5 Å². The van der Waals surface area contributed by atoms with Gasteiger partial charge in [0.05, 0.1) is 11.4 Å². The number of nitrogens with two attached hydrogens (primary N) is 2. The maximum atomic E-state index is 15.4. The number of H-pyrrole nitrogens is 1. The molecule has 45 heavy (non-hydrogen) atoms. The van der Waals surface area contributed by atoms with Crippen LogP contribution in [-0.4, -0.2) is 51.5 Å². The number of aromatic amines is 1. The van der Waals surface area contributed by atoms with E-state index < -0.39 is 23.6 Å². The van der Waals surface area contributed by atoms with Crippen LogP contribution >= 0.6 is 0 Å². The van der Waals surface area contributed by atoms with Crippen LogP contribution in [0, 0.1) is 11.2 Å². The van der Waals surface area contributed by atoms with Crippen molar-refractivity contribution in [1.29, 1.82) is 5.41 Å². The fourth-order valence-corrected chi connectivity index (χ4v) is 5.80. The highest BCUT2D eigenvalue weighted by atomic mass is 19.4. The molecule has 1 aliphatic rings. The van der Waals surface area contributed by atoms with Gasteiger partial charge in [-0.1, -0.05) is 19.1 Å². The Hall–Kier alpha value is -4.43. The van der Waals surface area contributed by atoms with Gasteiger partial charge in [0, 0.05) is 41.8 Å². The van der Waals surface area contributed by atoms with Gasteiger partial charge in [-0.15, -0.1) is 13.2 Å². The Bertz CT molecular complexity index is 1730. The molecule has 8 N–H and O–H groups in total. The first kappa shape index (κ1) is 32.0. The van der Waals surface area contributed by atoms with Gasteiger partial charge < -0.3 is 31.8 Å². The van der Waals surface area contributed by atoms with Crippen LogP contribution in [0.4, 0.5) is 17.6 Å². The highest BCUT2D eigenvalue weighted by Gasteiger charge is 2.33. The average Bonchev–Trinajstić information content (AvgIpc) is 3.59. The lowest BCUT2D eigenvalue weighted by atomic mass is 9.91. The van der Waals surface area contributed by atoms with E-state index in [0.717, 1.165) is 18.1 Å². The summed E-state index contributed by atoms with van der Waals surface area (Å²) in [5.41, 5.74) is 12.9. The number of rotatable bonds is 10. The fraction of sp³-hybridized carbons (Fsp3) is 0.387. The molecule has 5 rings (SSSR count). The second kappa shape index (κ2) is 12.9. The van der Waals surface area contributed by atoms with E-state index >= 15 is 4.39 Å². The number of hydrogen-bond acceptors (Lipinski definition) is 6. The van der Waals surface area contributed by atoms with Crippen LogP contribution in [0.15, 0.2) is 53.5 Å². The second-order valence-electron chi connectivity index (χ2n) is 11.6. The third kappa shape index (κ3) is 7.63. The van der Waals surface area contributed by atoms with Gasteiger partial charge in [-0.25, -0.2) is 9.18 Å². The van der Waals surface area contributed by atoms with E-state index in [-0.39, 0.29) is 46.9 Å². The third-order valence-corrected chi connectivity index (χ3v) is 8.07. The van der Waals surface area contributed by atoms with Crippen molar-refractivity contribution in [1.82, 2.24) is 25.2 Å². The maximum Gasteiger partial charge on any atom is 0.573 e. The number of nitrogens with zero attached hydrogens (tertiary/aromatic N) is 2. The Morgan fingerprint density at radius 1 is 1.22 bits per heavy atom. The van der Waals surface area contributed by atoms with Gasteiger partial charge in [0.1, 0.15) is 5.65 Å². The van der Waals surface area contributed by atoms with Crippen LogP contribution in [0.5, 0.6) is 5.75 Å². The van der Waals surface area contributed by atoms with Crippen molar-refractivity contribution in [3.63, 3.8) is 0 Å². The van der Waals surface area contributed by atoms with Crippen molar-refractivity contribution in [2.45, 2.75) is 69.9 Å². The van der Waals surface area contributed by atoms with E-state index in [9.17, 15) is 18.0 Å². The smallest absolute Gasteiger partial charge is 0.403 e. The fourth-order valence-electron chi connectivity index (χ4n) is 5.80. The van der Waals surface area contributed by atoms with Crippen molar-refractivity contribution >= 4 is 17.0 Å². The van der Waals surface area contributed by atoms with E-state index in [0.29, 0.717) is 42.4 Å². The average molecular weight is 629 g/mol. The number of benzene rings is 2. The lowest BCUT2D eigenvalue weighted by Gasteiger charge is -2.20. The Kier molecular flexibility index (Phi) is 9.16. The summed E-state index contributed by atoms with van der Waals surface area (Å²) >= 11 is 0. The van der Waals surface area contributed by atoms with Crippen molar-refractivity contribution in [3.8, 4) is 22.7 Å². The summed E-state index contributed by atoms with van der Waals surface area (Å²) < 4.78 is 60.0. The Morgan fingerprint density at radius 3 is 2.62 bits per heavy atom. The van der Waals surface area contributed by atoms with Gasteiger partial charge in [0.2, 0.25) is 0 Å². The molecule has 240 valence electrons. The molecule has 0 bridgehead atoms. The first-order valence-electron chi connectivity index (χ1n) is 14.7. The molecule has 0 amide bonds. The Morgan fingerprint density at radius 2 is 1.96 bits per heavy atom. The second-order valence-corrected chi connectivity index (χ2v) is 11.6. The normalized spacial score (nSPS) is 18.2. The molecular weight excluding hydrogens is 592 g/mol. The van der Waals surface area contributed by atoms with Crippen molar-refractivity contribution in [2.24, 2.45) is 11.5 Å². The lowest BCUT2D eigenvalue weighted by molar-refractivity contribution is -0.275. The highest BCUT2D eigenvalue weighted by Crippen LogP contribution is 2.35. The molecule has 4 atom stereocenters. The van der Waals surface area contributed by atoms with Gasteiger partial charge in [0.25, 0.3) is 0 Å². The largest absolute Gasteiger partial charge is 0.573 e. The number of aryl methyl sites for hydroxylation is 1. The minimum Gasteiger partial charge on any atom is -0.403 e. The van der Waals surface area contributed by atoms with Crippen LogP contribution in [0.3, 0.4) is 0 Å². The zero-order valence-corrected chi connectivity index (χ0v) is 24.8. The zero-order chi connectivity index (χ0) is 32.5. The summed E-state index contributed by atoms with van der Waals surface area (Å²) in [4.78, 5) is 20.0. The number of nitrogens with one attached hydrogen (secondary N) is 4. The summed E-state index contributed by atoms with van der Waals surface area (Å²) in [5, 5.41) is 14.3. The SMILES string of the molecule is CC(c1ccc(-n2cc3cc(-c4cc(CCC[C@H](C)N)cc(OC(F)(F)F)c4F)[nH]c3nc2=O)cc1)[C@@H]1C[C@@H](NC(=N)N)CN1. The molecule has 0 radical (unpaired) electrons. The number of ether oxygens (including phenoxy) is 1. The van der Waals surface area contributed by atoms with Gasteiger partial charge in [-0.05, 0) is 80.0 Å².